The van der Waals surface area contributed by atoms with Gasteiger partial charge in [-0.15, -0.1) is 0 Å². The van der Waals surface area contributed by atoms with Crippen LogP contribution in [0.3, 0.4) is 0 Å². The molecule has 1 unspecified atom stereocenters. The third kappa shape index (κ3) is 3.19. The highest BCUT2D eigenvalue weighted by Crippen LogP contribution is 2.22. The van der Waals surface area contributed by atoms with E-state index in [1.54, 1.807) is 30.3 Å². The molecule has 0 saturated carbocycles. The Morgan fingerprint density at radius 3 is 2.47 bits per heavy atom. The molecule has 2 rings (SSSR count). The average molecular weight is 278 g/mol. The van der Waals surface area contributed by atoms with Gasteiger partial charge in [-0.3, -0.25) is 4.79 Å². The molecule has 19 heavy (non-hydrogen) atoms. The number of rotatable bonds is 4. The summed E-state index contributed by atoms with van der Waals surface area (Å²) < 4.78 is 13.6. The fourth-order valence-electron chi connectivity index (χ4n) is 1.83. The summed E-state index contributed by atoms with van der Waals surface area (Å²) in [7, 11) is 0. The van der Waals surface area contributed by atoms with Crippen molar-refractivity contribution in [3.8, 4) is 0 Å². The summed E-state index contributed by atoms with van der Waals surface area (Å²) >= 11 is 5.89. The first-order valence-corrected chi connectivity index (χ1v) is 6.23. The molecule has 1 atom stereocenters. The number of ketones is 1. The molecule has 0 aliphatic heterocycles. The molecule has 0 spiro atoms. The van der Waals surface area contributed by atoms with Gasteiger partial charge in [0.1, 0.15) is 5.82 Å². The van der Waals surface area contributed by atoms with Gasteiger partial charge in [0, 0.05) is 17.0 Å². The molecule has 0 fully saturated rings. The molecule has 0 saturated heterocycles. The van der Waals surface area contributed by atoms with Crippen LogP contribution in [0.25, 0.3) is 0 Å². The molecule has 2 N–H and O–H groups in total. The molecule has 0 bridgehead atoms. The Balaban J connectivity index is 2.18. The number of Topliss-reactive ketones (excluding diaryl/α,β-unsaturated/α-hetero) is 1. The van der Waals surface area contributed by atoms with E-state index in [1.165, 1.54) is 12.1 Å². The van der Waals surface area contributed by atoms with Crippen molar-refractivity contribution in [1.82, 2.24) is 0 Å². The van der Waals surface area contributed by atoms with Crippen LogP contribution in [0.1, 0.15) is 17.2 Å². The van der Waals surface area contributed by atoms with E-state index >= 15 is 0 Å². The maximum Gasteiger partial charge on any atom is 0.158 e. The fourth-order valence-corrected chi connectivity index (χ4v) is 2.06. The highest BCUT2D eigenvalue weighted by Gasteiger charge is 2.19. The Morgan fingerprint density at radius 1 is 1.16 bits per heavy atom. The van der Waals surface area contributed by atoms with Gasteiger partial charge in [-0.25, -0.2) is 4.39 Å². The minimum absolute atomic E-state index is 0.110. The van der Waals surface area contributed by atoms with Crippen molar-refractivity contribution in [1.29, 1.82) is 0 Å². The van der Waals surface area contributed by atoms with Crippen LogP contribution in [-0.4, -0.2) is 5.78 Å². The summed E-state index contributed by atoms with van der Waals surface area (Å²) in [5.74, 6) is -0.751. The van der Waals surface area contributed by atoms with Gasteiger partial charge in [-0.05, 0) is 17.7 Å². The molecule has 2 aromatic rings. The maximum atomic E-state index is 13.6. The second-order valence-corrected chi connectivity index (χ2v) is 4.64. The third-order valence-electron chi connectivity index (χ3n) is 2.92. The van der Waals surface area contributed by atoms with Crippen molar-refractivity contribution in [2.45, 2.75) is 12.5 Å². The minimum Gasteiger partial charge on any atom is -0.318 e. The number of hydrogen-bond donors (Lipinski definition) is 1. The summed E-state index contributed by atoms with van der Waals surface area (Å²) in [6, 6.07) is 12.6. The first kappa shape index (κ1) is 13.7. The summed E-state index contributed by atoms with van der Waals surface area (Å²) in [5.41, 5.74) is 6.77. The van der Waals surface area contributed by atoms with Crippen molar-refractivity contribution < 1.29 is 9.18 Å². The fraction of sp³-hybridized carbons (Fsp3) is 0.133. The molecule has 0 heterocycles. The van der Waals surface area contributed by atoms with Gasteiger partial charge < -0.3 is 5.73 Å². The zero-order chi connectivity index (χ0) is 13.8. The zero-order valence-electron chi connectivity index (χ0n) is 10.1. The monoisotopic (exact) mass is 277 g/mol. The minimum atomic E-state index is -0.767. The molecule has 2 nitrogen and oxygen atoms in total. The number of benzene rings is 2. The van der Waals surface area contributed by atoms with Crippen molar-refractivity contribution >= 4 is 17.4 Å². The van der Waals surface area contributed by atoms with Crippen LogP contribution in [0.15, 0.2) is 48.5 Å². The molecule has 0 radical (unpaired) electrons. The molecule has 0 aliphatic carbocycles. The van der Waals surface area contributed by atoms with Crippen molar-refractivity contribution in [2.24, 2.45) is 5.73 Å². The van der Waals surface area contributed by atoms with E-state index in [0.717, 1.165) is 0 Å². The summed E-state index contributed by atoms with van der Waals surface area (Å²) in [5, 5.41) is 0.244. The maximum absolute atomic E-state index is 13.6. The first-order valence-electron chi connectivity index (χ1n) is 5.85. The molecule has 98 valence electrons. The van der Waals surface area contributed by atoms with Gasteiger partial charge in [0.25, 0.3) is 0 Å². The smallest absolute Gasteiger partial charge is 0.158 e. The Labute approximate surface area is 116 Å². The Hall–Kier alpha value is -1.71. The molecular formula is C15H13ClFNO. The number of nitrogens with two attached hydrogens (primary N) is 1. The largest absolute Gasteiger partial charge is 0.318 e. The topological polar surface area (TPSA) is 43.1 Å². The molecular weight excluding hydrogens is 265 g/mol. The van der Waals surface area contributed by atoms with Crippen molar-refractivity contribution in [3.63, 3.8) is 0 Å². The Kier molecular flexibility index (Phi) is 4.30. The highest BCUT2D eigenvalue weighted by molar-refractivity contribution is 6.31. The zero-order valence-corrected chi connectivity index (χ0v) is 10.9. The number of halogens is 2. The van der Waals surface area contributed by atoms with E-state index in [-0.39, 0.29) is 22.8 Å². The molecule has 4 heteroatoms. The standard InChI is InChI=1S/C15H13ClFNO/c16-12-7-4-8-13(17)11(12)9-14(19)15(18)10-5-2-1-3-6-10/h1-8,15H,9,18H2. The van der Waals surface area contributed by atoms with E-state index in [9.17, 15) is 9.18 Å². The summed E-state index contributed by atoms with van der Waals surface area (Å²) in [6.07, 6.45) is -0.110. The second kappa shape index (κ2) is 5.95. The SMILES string of the molecule is NC(C(=O)Cc1c(F)cccc1Cl)c1ccccc1. The van der Waals surface area contributed by atoms with E-state index in [4.69, 9.17) is 17.3 Å². The lowest BCUT2D eigenvalue weighted by atomic mass is 9.98. The first-order chi connectivity index (χ1) is 9.09. The van der Waals surface area contributed by atoms with Gasteiger partial charge in [-0.2, -0.15) is 0 Å². The second-order valence-electron chi connectivity index (χ2n) is 4.23. The quantitative estimate of drug-likeness (QED) is 0.932. The third-order valence-corrected chi connectivity index (χ3v) is 3.27. The summed E-state index contributed by atoms with van der Waals surface area (Å²) in [4.78, 5) is 12.1. The van der Waals surface area contributed by atoms with Gasteiger partial charge >= 0.3 is 0 Å². The Bertz CT molecular complexity index is 566. The predicted molar refractivity (Wildman–Crippen MR) is 73.5 cm³/mol. The molecule has 2 aromatic carbocycles. The van der Waals surface area contributed by atoms with Crippen molar-refractivity contribution in [3.05, 3.63) is 70.5 Å². The highest BCUT2D eigenvalue weighted by atomic mass is 35.5. The van der Waals surface area contributed by atoms with E-state index in [1.807, 2.05) is 6.07 Å². The van der Waals surface area contributed by atoms with Crippen LogP contribution in [-0.2, 0) is 11.2 Å². The lowest BCUT2D eigenvalue weighted by Crippen LogP contribution is -2.23. The van der Waals surface area contributed by atoms with Crippen LogP contribution in [0.4, 0.5) is 4.39 Å². The number of carbonyl (C=O) groups excluding carboxylic acids is 1. The van der Waals surface area contributed by atoms with E-state index in [2.05, 4.69) is 0 Å². The van der Waals surface area contributed by atoms with Crippen LogP contribution in [0.2, 0.25) is 5.02 Å². The van der Waals surface area contributed by atoms with Crippen LogP contribution >= 0.6 is 11.6 Å². The van der Waals surface area contributed by atoms with Crippen LogP contribution in [0.5, 0.6) is 0 Å². The number of hydrogen-bond acceptors (Lipinski definition) is 2. The lowest BCUT2D eigenvalue weighted by Gasteiger charge is -2.12. The average Bonchev–Trinajstić information content (AvgIpc) is 2.43. The lowest BCUT2D eigenvalue weighted by molar-refractivity contribution is -0.119. The molecule has 0 amide bonds. The molecule has 0 aromatic heterocycles. The van der Waals surface area contributed by atoms with Crippen LogP contribution < -0.4 is 5.73 Å². The molecule has 0 aliphatic rings. The van der Waals surface area contributed by atoms with E-state index < -0.39 is 11.9 Å². The van der Waals surface area contributed by atoms with Gasteiger partial charge in [0.2, 0.25) is 0 Å². The predicted octanol–water partition coefficient (Wildman–Crippen LogP) is 3.29. The van der Waals surface area contributed by atoms with Crippen LogP contribution in [0, 0.1) is 5.82 Å². The number of carbonyl (C=O) groups is 1. The van der Waals surface area contributed by atoms with E-state index in [0.29, 0.717) is 5.56 Å². The van der Waals surface area contributed by atoms with Gasteiger partial charge in [0.15, 0.2) is 5.78 Å². The normalized spacial score (nSPS) is 12.2. The van der Waals surface area contributed by atoms with Gasteiger partial charge in [0.05, 0.1) is 6.04 Å². The van der Waals surface area contributed by atoms with Crippen molar-refractivity contribution in [2.75, 3.05) is 0 Å². The summed E-state index contributed by atoms with van der Waals surface area (Å²) in [6.45, 7) is 0. The van der Waals surface area contributed by atoms with Gasteiger partial charge in [-0.1, -0.05) is 48.0 Å². The Morgan fingerprint density at radius 2 is 1.84 bits per heavy atom.